The molecule has 6 heteroatoms. The molecule has 0 saturated heterocycles. The Bertz CT molecular complexity index is 624. The minimum Gasteiger partial charge on any atom is -0.497 e. The molecule has 0 unspecified atom stereocenters. The predicted molar refractivity (Wildman–Crippen MR) is 89.8 cm³/mol. The second kappa shape index (κ2) is 8.12. The first-order valence-electron chi connectivity index (χ1n) is 7.58. The average molecular weight is 314 g/mol. The van der Waals surface area contributed by atoms with E-state index in [1.165, 1.54) is 12.4 Å². The second-order valence-electron chi connectivity index (χ2n) is 5.45. The molecule has 2 rings (SSSR count). The van der Waals surface area contributed by atoms with E-state index in [4.69, 9.17) is 4.74 Å². The Morgan fingerprint density at radius 1 is 1.17 bits per heavy atom. The smallest absolute Gasteiger partial charge is 0.254 e. The van der Waals surface area contributed by atoms with Crippen LogP contribution < -0.4 is 15.4 Å². The third kappa shape index (κ3) is 5.25. The number of nitrogens with one attached hydrogen (secondary N) is 2. The van der Waals surface area contributed by atoms with Gasteiger partial charge in [-0.1, -0.05) is 12.1 Å². The normalized spacial score (nSPS) is 10.4. The quantitative estimate of drug-likeness (QED) is 0.820. The first-order chi connectivity index (χ1) is 11.1. The molecule has 0 aliphatic carbocycles. The summed E-state index contributed by atoms with van der Waals surface area (Å²) in [4.78, 5) is 20.3. The maximum atomic E-state index is 12.0. The molecular formula is C17H22N4O2. The lowest BCUT2D eigenvalue weighted by molar-refractivity contribution is 0.0953. The fraction of sp³-hybridized carbons (Fsp3) is 0.353. The van der Waals surface area contributed by atoms with E-state index < -0.39 is 0 Å². The molecule has 0 aliphatic rings. The van der Waals surface area contributed by atoms with Crippen molar-refractivity contribution in [2.75, 3.05) is 19.0 Å². The standard InChI is InChI=1S/C17H22N4O2/c1-12(2)21-17-19-10-14(11-20-17)16(22)18-9-8-13-4-6-15(23-3)7-5-13/h4-7,10-12H,8-9H2,1-3H3,(H,18,22)(H,19,20,21). The van der Waals surface area contributed by atoms with Crippen LogP contribution in [0.4, 0.5) is 5.95 Å². The summed E-state index contributed by atoms with van der Waals surface area (Å²) in [6.45, 7) is 4.56. The Balaban J connectivity index is 1.81. The van der Waals surface area contributed by atoms with Gasteiger partial charge in [-0.15, -0.1) is 0 Å². The maximum Gasteiger partial charge on any atom is 0.254 e. The number of hydrogen-bond acceptors (Lipinski definition) is 5. The number of nitrogens with zero attached hydrogens (tertiary/aromatic N) is 2. The summed E-state index contributed by atoms with van der Waals surface area (Å²) in [5, 5.41) is 5.95. The summed E-state index contributed by atoms with van der Waals surface area (Å²) in [5.74, 6) is 1.18. The van der Waals surface area contributed by atoms with Crippen molar-refractivity contribution in [3.63, 3.8) is 0 Å². The van der Waals surface area contributed by atoms with Crippen LogP contribution in [-0.4, -0.2) is 35.6 Å². The van der Waals surface area contributed by atoms with E-state index in [9.17, 15) is 4.79 Å². The van der Waals surface area contributed by atoms with Gasteiger partial charge >= 0.3 is 0 Å². The molecule has 2 aromatic rings. The van der Waals surface area contributed by atoms with Gasteiger partial charge in [0.15, 0.2) is 0 Å². The van der Waals surface area contributed by atoms with Crippen molar-refractivity contribution in [3.8, 4) is 5.75 Å². The molecule has 0 spiro atoms. The van der Waals surface area contributed by atoms with Gasteiger partial charge in [0.05, 0.1) is 12.7 Å². The zero-order valence-corrected chi connectivity index (χ0v) is 13.7. The van der Waals surface area contributed by atoms with Crippen molar-refractivity contribution >= 4 is 11.9 Å². The zero-order valence-electron chi connectivity index (χ0n) is 13.7. The van der Waals surface area contributed by atoms with Crippen LogP contribution in [-0.2, 0) is 6.42 Å². The van der Waals surface area contributed by atoms with Crippen LogP contribution in [0.1, 0.15) is 29.8 Å². The fourth-order valence-electron chi connectivity index (χ4n) is 1.99. The lowest BCUT2D eigenvalue weighted by Gasteiger charge is -2.08. The van der Waals surface area contributed by atoms with Crippen LogP contribution in [0.25, 0.3) is 0 Å². The van der Waals surface area contributed by atoms with E-state index in [1.807, 2.05) is 38.1 Å². The van der Waals surface area contributed by atoms with Gasteiger partial charge in [-0.25, -0.2) is 9.97 Å². The Labute approximate surface area is 136 Å². The highest BCUT2D eigenvalue weighted by atomic mass is 16.5. The number of carbonyl (C=O) groups is 1. The molecule has 1 amide bonds. The van der Waals surface area contributed by atoms with Crippen molar-refractivity contribution in [1.29, 1.82) is 0 Å². The fourth-order valence-corrected chi connectivity index (χ4v) is 1.99. The number of carbonyl (C=O) groups excluding carboxylic acids is 1. The minimum absolute atomic E-state index is 0.172. The number of benzene rings is 1. The molecule has 1 aromatic heterocycles. The van der Waals surface area contributed by atoms with Gasteiger partial charge in [0.25, 0.3) is 5.91 Å². The van der Waals surface area contributed by atoms with E-state index >= 15 is 0 Å². The summed E-state index contributed by atoms with van der Waals surface area (Å²) in [5.41, 5.74) is 1.59. The third-order valence-electron chi connectivity index (χ3n) is 3.19. The van der Waals surface area contributed by atoms with Gasteiger partial charge in [-0.3, -0.25) is 4.79 Å². The highest BCUT2D eigenvalue weighted by Gasteiger charge is 2.07. The number of rotatable bonds is 7. The molecule has 0 atom stereocenters. The molecule has 0 saturated carbocycles. The van der Waals surface area contributed by atoms with Crippen LogP contribution >= 0.6 is 0 Å². The van der Waals surface area contributed by atoms with Gasteiger partial charge in [-0.2, -0.15) is 0 Å². The SMILES string of the molecule is COc1ccc(CCNC(=O)c2cnc(NC(C)C)nc2)cc1. The molecule has 1 aromatic carbocycles. The van der Waals surface area contributed by atoms with Crippen molar-refractivity contribution in [2.24, 2.45) is 0 Å². The second-order valence-corrected chi connectivity index (χ2v) is 5.45. The van der Waals surface area contributed by atoms with Crippen molar-refractivity contribution in [2.45, 2.75) is 26.3 Å². The van der Waals surface area contributed by atoms with E-state index in [0.29, 0.717) is 18.1 Å². The van der Waals surface area contributed by atoms with E-state index in [0.717, 1.165) is 17.7 Å². The number of amides is 1. The molecular weight excluding hydrogens is 292 g/mol. The topological polar surface area (TPSA) is 76.1 Å². The van der Waals surface area contributed by atoms with Gasteiger partial charge in [0.2, 0.25) is 5.95 Å². The molecule has 2 N–H and O–H groups in total. The number of ether oxygens (including phenoxy) is 1. The molecule has 6 nitrogen and oxygen atoms in total. The van der Waals surface area contributed by atoms with Gasteiger partial charge < -0.3 is 15.4 Å². The molecule has 0 bridgehead atoms. The lowest BCUT2D eigenvalue weighted by Crippen LogP contribution is -2.26. The highest BCUT2D eigenvalue weighted by Crippen LogP contribution is 2.11. The minimum atomic E-state index is -0.172. The Hall–Kier alpha value is -2.63. The van der Waals surface area contributed by atoms with Gasteiger partial charge in [-0.05, 0) is 38.0 Å². The van der Waals surface area contributed by atoms with Gasteiger partial charge in [0.1, 0.15) is 5.75 Å². The largest absolute Gasteiger partial charge is 0.497 e. The molecule has 122 valence electrons. The molecule has 23 heavy (non-hydrogen) atoms. The first kappa shape index (κ1) is 16.7. The van der Waals surface area contributed by atoms with Crippen LogP contribution in [0.2, 0.25) is 0 Å². The monoisotopic (exact) mass is 314 g/mol. The first-order valence-corrected chi connectivity index (χ1v) is 7.58. The third-order valence-corrected chi connectivity index (χ3v) is 3.19. The summed E-state index contributed by atoms with van der Waals surface area (Å²) in [6.07, 6.45) is 3.81. The Morgan fingerprint density at radius 2 is 1.83 bits per heavy atom. The number of hydrogen-bond donors (Lipinski definition) is 2. The Kier molecular flexibility index (Phi) is 5.91. The molecule has 0 fully saturated rings. The summed E-state index contributed by atoms with van der Waals surface area (Å²) >= 11 is 0. The maximum absolute atomic E-state index is 12.0. The summed E-state index contributed by atoms with van der Waals surface area (Å²) in [6, 6.07) is 8.04. The zero-order chi connectivity index (χ0) is 16.7. The molecule has 0 radical (unpaired) electrons. The van der Waals surface area contributed by atoms with E-state index in [-0.39, 0.29) is 11.9 Å². The average Bonchev–Trinajstić information content (AvgIpc) is 2.55. The van der Waals surface area contributed by atoms with Crippen LogP contribution in [0.5, 0.6) is 5.75 Å². The van der Waals surface area contributed by atoms with Crippen LogP contribution in [0.15, 0.2) is 36.7 Å². The number of anilines is 1. The molecule has 1 heterocycles. The van der Waals surface area contributed by atoms with E-state index in [1.54, 1.807) is 7.11 Å². The number of aromatic nitrogens is 2. The van der Waals surface area contributed by atoms with Crippen molar-refractivity contribution in [3.05, 3.63) is 47.8 Å². The summed E-state index contributed by atoms with van der Waals surface area (Å²) < 4.78 is 5.11. The van der Waals surface area contributed by atoms with Crippen LogP contribution in [0, 0.1) is 0 Å². The van der Waals surface area contributed by atoms with Crippen molar-refractivity contribution in [1.82, 2.24) is 15.3 Å². The predicted octanol–water partition coefficient (Wildman–Crippen LogP) is 2.28. The van der Waals surface area contributed by atoms with Crippen LogP contribution in [0.3, 0.4) is 0 Å². The number of methoxy groups -OCH3 is 1. The molecule has 0 aliphatic heterocycles. The summed E-state index contributed by atoms with van der Waals surface area (Å²) in [7, 11) is 1.64. The Morgan fingerprint density at radius 3 is 2.39 bits per heavy atom. The van der Waals surface area contributed by atoms with Gasteiger partial charge in [0, 0.05) is 25.0 Å². The highest BCUT2D eigenvalue weighted by molar-refractivity contribution is 5.93. The van der Waals surface area contributed by atoms with E-state index in [2.05, 4.69) is 20.6 Å². The lowest BCUT2D eigenvalue weighted by atomic mass is 10.1. The van der Waals surface area contributed by atoms with Crippen molar-refractivity contribution < 1.29 is 9.53 Å².